The van der Waals surface area contributed by atoms with Crippen molar-refractivity contribution in [3.05, 3.63) is 24.3 Å². The lowest BCUT2D eigenvalue weighted by Crippen LogP contribution is -2.57. The van der Waals surface area contributed by atoms with E-state index in [1.54, 1.807) is 28.8 Å². The molecule has 3 aliphatic rings. The molecule has 0 aromatic heterocycles. The number of carbonyl (C=O) groups excluding carboxylic acids is 3. The molecule has 0 aliphatic carbocycles. The third-order valence-electron chi connectivity index (χ3n) is 8.65. The topological polar surface area (TPSA) is 108 Å². The second kappa shape index (κ2) is 12.3. The van der Waals surface area contributed by atoms with E-state index in [1.807, 2.05) is 32.9 Å². The number of rotatable bonds is 13. The van der Waals surface area contributed by atoms with Crippen LogP contribution in [0.2, 0.25) is 0 Å². The average Bonchev–Trinajstić information content (AvgIpc) is 3.56. The second-order valence-electron chi connectivity index (χ2n) is 10.9. The summed E-state index contributed by atoms with van der Waals surface area (Å²) in [5, 5.41) is 16.5. The van der Waals surface area contributed by atoms with Gasteiger partial charge >= 0.3 is 0 Å². The molecule has 3 N–H and O–H groups in total. The van der Waals surface area contributed by atoms with E-state index in [2.05, 4.69) is 17.6 Å². The Labute approximate surface area is 230 Å². The number of unbranched alkanes of at least 4 members (excludes halogenated alkanes) is 2. The number of fused-ring (bicyclic) bond motifs is 1. The van der Waals surface area contributed by atoms with Gasteiger partial charge in [-0.15, -0.1) is 11.8 Å². The summed E-state index contributed by atoms with van der Waals surface area (Å²) in [5.41, 5.74) is 0.653. The molecule has 3 amide bonds. The zero-order valence-corrected chi connectivity index (χ0v) is 23.9. The van der Waals surface area contributed by atoms with Crippen LogP contribution in [0, 0.1) is 17.8 Å². The molecule has 1 spiro atoms. The van der Waals surface area contributed by atoms with Crippen molar-refractivity contribution in [3.63, 3.8) is 0 Å². The number of thioether (sulfide) groups is 1. The number of hydrogen-bond acceptors (Lipinski definition) is 6. The van der Waals surface area contributed by atoms with Crippen LogP contribution in [-0.2, 0) is 14.4 Å². The van der Waals surface area contributed by atoms with Crippen LogP contribution in [0.4, 0.5) is 5.69 Å². The van der Waals surface area contributed by atoms with Crippen LogP contribution in [0.5, 0.6) is 5.75 Å². The van der Waals surface area contributed by atoms with Gasteiger partial charge in [-0.3, -0.25) is 14.4 Å². The van der Waals surface area contributed by atoms with Crippen molar-refractivity contribution in [2.45, 2.75) is 88.3 Å². The van der Waals surface area contributed by atoms with Gasteiger partial charge in [0.15, 0.2) is 0 Å². The maximum Gasteiger partial charge on any atom is 0.244 e. The van der Waals surface area contributed by atoms with Crippen LogP contribution in [0.15, 0.2) is 24.3 Å². The molecule has 38 heavy (non-hydrogen) atoms. The SMILES string of the molecule is CCCCCNC(=O)C1N([C@@H](CO)[C@@H](C)CC)C(=O)[C@@H]2[C@H](C(=O)Nc3ccc(OCC)cc3)[C@@H]3CCC12S3. The molecule has 1 aromatic rings. The predicted molar refractivity (Wildman–Crippen MR) is 150 cm³/mol. The highest BCUT2D eigenvalue weighted by atomic mass is 32.2. The van der Waals surface area contributed by atoms with Gasteiger partial charge in [0.25, 0.3) is 0 Å². The first-order valence-electron chi connectivity index (χ1n) is 14.2. The van der Waals surface area contributed by atoms with Gasteiger partial charge in [0.05, 0.1) is 35.8 Å². The number of carbonyl (C=O) groups is 3. The molecule has 2 unspecified atom stereocenters. The number of anilines is 1. The number of nitrogens with one attached hydrogen (secondary N) is 2. The number of aliphatic hydroxyl groups excluding tert-OH is 1. The van der Waals surface area contributed by atoms with Crippen LogP contribution in [0.1, 0.15) is 66.2 Å². The zero-order chi connectivity index (χ0) is 27.4. The first-order chi connectivity index (χ1) is 18.3. The van der Waals surface area contributed by atoms with Gasteiger partial charge in [0, 0.05) is 17.5 Å². The molecule has 0 radical (unpaired) electrons. The van der Waals surface area contributed by atoms with Crippen LogP contribution >= 0.6 is 11.8 Å². The van der Waals surface area contributed by atoms with E-state index in [0.29, 0.717) is 25.3 Å². The Morgan fingerprint density at radius 3 is 2.55 bits per heavy atom. The van der Waals surface area contributed by atoms with Crippen LogP contribution in [-0.4, -0.2) is 69.6 Å². The third kappa shape index (κ3) is 5.16. The predicted octanol–water partition coefficient (Wildman–Crippen LogP) is 3.83. The van der Waals surface area contributed by atoms with Crippen molar-refractivity contribution in [1.29, 1.82) is 0 Å². The summed E-state index contributed by atoms with van der Waals surface area (Å²) in [5.74, 6) is -0.857. The molecular formula is C29H43N3O5S. The summed E-state index contributed by atoms with van der Waals surface area (Å²) in [7, 11) is 0. The van der Waals surface area contributed by atoms with E-state index in [1.165, 1.54) is 0 Å². The molecule has 0 saturated carbocycles. The number of likely N-dealkylation sites (tertiary alicyclic amines) is 1. The van der Waals surface area contributed by atoms with Crippen molar-refractivity contribution in [2.75, 3.05) is 25.1 Å². The number of ether oxygens (including phenoxy) is 1. The normalized spacial score (nSPS) is 29.2. The maximum atomic E-state index is 14.2. The Balaban J connectivity index is 1.62. The molecule has 9 heteroatoms. The van der Waals surface area contributed by atoms with E-state index < -0.39 is 28.7 Å². The van der Waals surface area contributed by atoms with E-state index in [9.17, 15) is 19.5 Å². The van der Waals surface area contributed by atoms with Crippen molar-refractivity contribution in [1.82, 2.24) is 10.2 Å². The lowest BCUT2D eigenvalue weighted by atomic mass is 9.70. The Kier molecular flexibility index (Phi) is 9.29. The smallest absolute Gasteiger partial charge is 0.244 e. The average molecular weight is 546 g/mol. The molecule has 2 bridgehead atoms. The third-order valence-corrected chi connectivity index (χ3v) is 10.6. The molecule has 8 nitrogen and oxygen atoms in total. The minimum atomic E-state index is -0.689. The van der Waals surface area contributed by atoms with Crippen molar-refractivity contribution >= 4 is 35.2 Å². The first kappa shape index (κ1) is 28.7. The molecular weight excluding hydrogens is 502 g/mol. The zero-order valence-electron chi connectivity index (χ0n) is 23.1. The summed E-state index contributed by atoms with van der Waals surface area (Å²) in [6, 6.07) is 6.09. The van der Waals surface area contributed by atoms with E-state index in [0.717, 1.165) is 37.9 Å². The fourth-order valence-corrected chi connectivity index (χ4v) is 8.78. The maximum absolute atomic E-state index is 14.2. The van der Waals surface area contributed by atoms with Crippen molar-refractivity contribution < 1.29 is 24.2 Å². The summed E-state index contributed by atoms with van der Waals surface area (Å²) in [4.78, 5) is 43.3. The number of aliphatic hydroxyl groups is 1. The molecule has 4 rings (SSSR count). The summed E-state index contributed by atoms with van der Waals surface area (Å²) in [6.07, 6.45) is 5.24. The Hall–Kier alpha value is -2.26. The van der Waals surface area contributed by atoms with Gasteiger partial charge in [-0.05, 0) is 56.4 Å². The van der Waals surface area contributed by atoms with Crippen LogP contribution in [0.3, 0.4) is 0 Å². The van der Waals surface area contributed by atoms with E-state index in [4.69, 9.17) is 4.74 Å². The standard InChI is InChI=1S/C29H43N3O5S/c1-5-8-9-16-30-27(35)25-29-15-14-22(38-29)23(24(29)28(36)32(25)21(17-33)18(4)6-2)26(34)31-19-10-12-20(13-11-19)37-7-3/h10-13,18,21-25,33H,5-9,14-17H2,1-4H3,(H,30,35)(H,31,34)/t18-,21-,22-,23+,24-,25?,29?/m0/s1. The monoisotopic (exact) mass is 545 g/mol. The van der Waals surface area contributed by atoms with E-state index >= 15 is 0 Å². The minimum absolute atomic E-state index is 0.0136. The van der Waals surface area contributed by atoms with Gasteiger partial charge in [0.1, 0.15) is 11.8 Å². The molecule has 210 valence electrons. The lowest BCUT2D eigenvalue weighted by Gasteiger charge is -2.39. The fourth-order valence-electron chi connectivity index (χ4n) is 6.57. The Morgan fingerprint density at radius 1 is 1.18 bits per heavy atom. The van der Waals surface area contributed by atoms with Gasteiger partial charge < -0.3 is 25.4 Å². The number of amides is 3. The Bertz CT molecular complexity index is 1000. The van der Waals surface area contributed by atoms with Crippen LogP contribution < -0.4 is 15.4 Å². The molecule has 7 atom stereocenters. The highest BCUT2D eigenvalue weighted by molar-refractivity contribution is 8.02. The molecule has 3 saturated heterocycles. The van der Waals surface area contributed by atoms with E-state index in [-0.39, 0.29) is 35.5 Å². The quantitative estimate of drug-likeness (QED) is 0.325. The highest BCUT2D eigenvalue weighted by Gasteiger charge is 2.74. The molecule has 3 fully saturated rings. The summed E-state index contributed by atoms with van der Waals surface area (Å²) in [6.45, 7) is 8.99. The number of benzene rings is 1. The first-order valence-corrected chi connectivity index (χ1v) is 15.1. The molecule has 1 aromatic carbocycles. The highest BCUT2D eigenvalue weighted by Crippen LogP contribution is 2.66. The Morgan fingerprint density at radius 2 is 1.92 bits per heavy atom. The number of nitrogens with zero attached hydrogens (tertiary/aromatic N) is 1. The van der Waals surface area contributed by atoms with Gasteiger partial charge in [-0.2, -0.15) is 0 Å². The van der Waals surface area contributed by atoms with Crippen LogP contribution in [0.25, 0.3) is 0 Å². The number of hydrogen-bond donors (Lipinski definition) is 3. The van der Waals surface area contributed by atoms with Crippen molar-refractivity contribution in [2.24, 2.45) is 17.8 Å². The summed E-state index contributed by atoms with van der Waals surface area (Å²) >= 11 is 1.65. The fraction of sp³-hybridized carbons (Fsp3) is 0.690. The largest absolute Gasteiger partial charge is 0.494 e. The molecule has 3 heterocycles. The second-order valence-corrected chi connectivity index (χ2v) is 12.5. The molecule has 3 aliphatic heterocycles. The van der Waals surface area contributed by atoms with Crippen molar-refractivity contribution in [3.8, 4) is 5.75 Å². The lowest BCUT2D eigenvalue weighted by molar-refractivity contribution is -0.143. The summed E-state index contributed by atoms with van der Waals surface area (Å²) < 4.78 is 4.85. The van der Waals surface area contributed by atoms with Gasteiger partial charge in [-0.1, -0.05) is 40.0 Å². The minimum Gasteiger partial charge on any atom is -0.494 e. The van der Waals surface area contributed by atoms with Gasteiger partial charge in [0.2, 0.25) is 17.7 Å². The van der Waals surface area contributed by atoms with Gasteiger partial charge in [-0.25, -0.2) is 0 Å².